The Morgan fingerprint density at radius 2 is 1.88 bits per heavy atom. The standard InChI is InChI=1S/C13H19NO3/c1-3-16-11-10-14(13(15)17-4-2)12-8-6-5-7-9-12/h5-9H,3-4,10-11H2,1-2H3. The van der Waals surface area contributed by atoms with E-state index < -0.39 is 0 Å². The van der Waals surface area contributed by atoms with Gasteiger partial charge in [-0.1, -0.05) is 18.2 Å². The van der Waals surface area contributed by atoms with Crippen molar-refractivity contribution in [3.05, 3.63) is 30.3 Å². The summed E-state index contributed by atoms with van der Waals surface area (Å²) in [4.78, 5) is 13.4. The third kappa shape index (κ3) is 4.44. The van der Waals surface area contributed by atoms with E-state index in [1.165, 1.54) is 0 Å². The summed E-state index contributed by atoms with van der Waals surface area (Å²) in [6.07, 6.45) is -0.335. The van der Waals surface area contributed by atoms with Crippen molar-refractivity contribution in [1.82, 2.24) is 0 Å². The Bertz CT molecular complexity index is 327. The second kappa shape index (κ2) is 7.68. The minimum atomic E-state index is -0.335. The first-order valence-electron chi connectivity index (χ1n) is 5.86. The van der Waals surface area contributed by atoms with Gasteiger partial charge >= 0.3 is 6.09 Å². The molecule has 0 heterocycles. The molecule has 0 aromatic heterocycles. The molecule has 1 aromatic rings. The van der Waals surface area contributed by atoms with Gasteiger partial charge in [-0.15, -0.1) is 0 Å². The van der Waals surface area contributed by atoms with E-state index in [1.54, 1.807) is 11.8 Å². The number of rotatable bonds is 6. The first-order chi connectivity index (χ1) is 8.29. The van der Waals surface area contributed by atoms with Gasteiger partial charge in [0.2, 0.25) is 0 Å². The summed E-state index contributed by atoms with van der Waals surface area (Å²) >= 11 is 0. The molecular weight excluding hydrogens is 218 g/mol. The topological polar surface area (TPSA) is 38.8 Å². The number of ether oxygens (including phenoxy) is 2. The molecule has 0 fully saturated rings. The second-order valence-corrected chi connectivity index (χ2v) is 3.38. The average Bonchev–Trinajstić information content (AvgIpc) is 2.36. The summed E-state index contributed by atoms with van der Waals surface area (Å²) in [5, 5.41) is 0. The van der Waals surface area contributed by atoms with Crippen molar-refractivity contribution in [3.63, 3.8) is 0 Å². The first-order valence-corrected chi connectivity index (χ1v) is 5.86. The molecule has 0 bridgehead atoms. The van der Waals surface area contributed by atoms with Crippen molar-refractivity contribution in [2.75, 3.05) is 31.3 Å². The Labute approximate surface area is 102 Å². The Kier molecular flexibility index (Phi) is 6.10. The summed E-state index contributed by atoms with van der Waals surface area (Å²) in [5.41, 5.74) is 0.825. The van der Waals surface area contributed by atoms with Crippen LogP contribution < -0.4 is 4.90 Å². The van der Waals surface area contributed by atoms with Crippen LogP contribution in [0.4, 0.5) is 10.5 Å². The molecule has 4 nitrogen and oxygen atoms in total. The van der Waals surface area contributed by atoms with E-state index in [0.29, 0.717) is 26.4 Å². The zero-order valence-electron chi connectivity index (χ0n) is 10.4. The van der Waals surface area contributed by atoms with Crippen molar-refractivity contribution in [2.45, 2.75) is 13.8 Å². The van der Waals surface area contributed by atoms with Gasteiger partial charge in [0.15, 0.2) is 0 Å². The van der Waals surface area contributed by atoms with Crippen LogP contribution in [-0.2, 0) is 9.47 Å². The number of amides is 1. The SMILES string of the molecule is CCOCCN(C(=O)OCC)c1ccccc1. The maximum absolute atomic E-state index is 11.8. The number of hydrogen-bond acceptors (Lipinski definition) is 3. The lowest BCUT2D eigenvalue weighted by molar-refractivity contribution is 0.140. The summed E-state index contributed by atoms with van der Waals surface area (Å²) < 4.78 is 10.3. The van der Waals surface area contributed by atoms with Crippen LogP contribution in [0.3, 0.4) is 0 Å². The lowest BCUT2D eigenvalue weighted by Crippen LogP contribution is -2.34. The molecular formula is C13H19NO3. The summed E-state index contributed by atoms with van der Waals surface area (Å²) in [6.45, 7) is 5.74. The highest BCUT2D eigenvalue weighted by atomic mass is 16.6. The molecule has 0 atom stereocenters. The van der Waals surface area contributed by atoms with Gasteiger partial charge in [0, 0.05) is 12.3 Å². The molecule has 94 valence electrons. The molecule has 0 aliphatic carbocycles. The molecule has 0 aliphatic heterocycles. The van der Waals surface area contributed by atoms with Crippen LogP contribution in [-0.4, -0.2) is 32.5 Å². The number of benzene rings is 1. The third-order valence-electron chi connectivity index (χ3n) is 2.22. The van der Waals surface area contributed by atoms with E-state index >= 15 is 0 Å². The van der Waals surface area contributed by atoms with Crippen molar-refractivity contribution >= 4 is 11.8 Å². The zero-order chi connectivity index (χ0) is 12.5. The van der Waals surface area contributed by atoms with Crippen LogP contribution >= 0.6 is 0 Å². The zero-order valence-corrected chi connectivity index (χ0v) is 10.4. The molecule has 0 spiro atoms. The van der Waals surface area contributed by atoms with Crippen LogP contribution in [0.1, 0.15) is 13.8 Å². The Hall–Kier alpha value is -1.55. The highest BCUT2D eigenvalue weighted by Crippen LogP contribution is 2.14. The van der Waals surface area contributed by atoms with Gasteiger partial charge in [-0.05, 0) is 26.0 Å². The quantitative estimate of drug-likeness (QED) is 0.714. The van der Waals surface area contributed by atoms with Crippen molar-refractivity contribution in [2.24, 2.45) is 0 Å². The molecule has 0 radical (unpaired) electrons. The van der Waals surface area contributed by atoms with E-state index in [4.69, 9.17) is 9.47 Å². The van der Waals surface area contributed by atoms with E-state index in [9.17, 15) is 4.79 Å². The normalized spacial score (nSPS) is 10.0. The van der Waals surface area contributed by atoms with Gasteiger partial charge in [0.25, 0.3) is 0 Å². The monoisotopic (exact) mass is 237 g/mol. The number of anilines is 1. The number of hydrogen-bond donors (Lipinski definition) is 0. The molecule has 1 amide bonds. The number of carbonyl (C=O) groups excluding carboxylic acids is 1. The maximum Gasteiger partial charge on any atom is 0.414 e. The van der Waals surface area contributed by atoms with Gasteiger partial charge in [-0.3, -0.25) is 4.90 Å². The van der Waals surface area contributed by atoms with Crippen LogP contribution in [0.25, 0.3) is 0 Å². The van der Waals surface area contributed by atoms with Gasteiger partial charge < -0.3 is 9.47 Å². The number of carbonyl (C=O) groups is 1. The highest BCUT2D eigenvalue weighted by molar-refractivity contribution is 5.87. The maximum atomic E-state index is 11.8. The predicted molar refractivity (Wildman–Crippen MR) is 67.3 cm³/mol. The first kappa shape index (κ1) is 13.5. The van der Waals surface area contributed by atoms with Gasteiger partial charge in [0.1, 0.15) is 0 Å². The minimum absolute atomic E-state index is 0.335. The molecule has 0 N–H and O–H groups in total. The number of para-hydroxylation sites is 1. The fourth-order valence-electron chi connectivity index (χ4n) is 1.44. The number of nitrogens with zero attached hydrogens (tertiary/aromatic N) is 1. The minimum Gasteiger partial charge on any atom is -0.449 e. The Morgan fingerprint density at radius 1 is 1.18 bits per heavy atom. The molecule has 17 heavy (non-hydrogen) atoms. The van der Waals surface area contributed by atoms with E-state index in [-0.39, 0.29) is 6.09 Å². The summed E-state index contributed by atoms with van der Waals surface area (Å²) in [7, 11) is 0. The van der Waals surface area contributed by atoms with E-state index in [2.05, 4.69) is 0 Å². The van der Waals surface area contributed by atoms with Gasteiger partial charge in [0.05, 0.1) is 19.8 Å². The molecule has 0 saturated heterocycles. The molecule has 1 rings (SSSR count). The Morgan fingerprint density at radius 3 is 2.47 bits per heavy atom. The lowest BCUT2D eigenvalue weighted by atomic mass is 10.3. The molecule has 4 heteroatoms. The molecule has 0 unspecified atom stereocenters. The average molecular weight is 237 g/mol. The fourth-order valence-corrected chi connectivity index (χ4v) is 1.44. The highest BCUT2D eigenvalue weighted by Gasteiger charge is 2.15. The predicted octanol–water partition coefficient (Wildman–Crippen LogP) is 2.69. The molecule has 0 aliphatic rings. The lowest BCUT2D eigenvalue weighted by Gasteiger charge is -2.21. The second-order valence-electron chi connectivity index (χ2n) is 3.38. The van der Waals surface area contributed by atoms with Gasteiger partial charge in [-0.2, -0.15) is 0 Å². The van der Waals surface area contributed by atoms with Crippen LogP contribution in [0.5, 0.6) is 0 Å². The molecule has 1 aromatic carbocycles. The van der Waals surface area contributed by atoms with Crippen molar-refractivity contribution < 1.29 is 14.3 Å². The largest absolute Gasteiger partial charge is 0.449 e. The van der Waals surface area contributed by atoms with Crippen molar-refractivity contribution in [1.29, 1.82) is 0 Å². The molecule has 0 saturated carbocycles. The van der Waals surface area contributed by atoms with Crippen LogP contribution in [0, 0.1) is 0 Å². The van der Waals surface area contributed by atoms with Crippen LogP contribution in [0.2, 0.25) is 0 Å². The summed E-state index contributed by atoms with van der Waals surface area (Å²) in [6, 6.07) is 9.45. The van der Waals surface area contributed by atoms with Gasteiger partial charge in [-0.25, -0.2) is 4.79 Å². The third-order valence-corrected chi connectivity index (χ3v) is 2.22. The Balaban J connectivity index is 2.68. The fraction of sp³-hybridized carbons (Fsp3) is 0.462. The van der Waals surface area contributed by atoms with Crippen molar-refractivity contribution in [3.8, 4) is 0 Å². The van der Waals surface area contributed by atoms with E-state index in [1.807, 2.05) is 37.3 Å². The summed E-state index contributed by atoms with van der Waals surface area (Å²) in [5.74, 6) is 0. The van der Waals surface area contributed by atoms with E-state index in [0.717, 1.165) is 5.69 Å². The van der Waals surface area contributed by atoms with Crippen LogP contribution in [0.15, 0.2) is 30.3 Å². The smallest absolute Gasteiger partial charge is 0.414 e.